The normalized spacial score (nSPS) is 26.6. The highest BCUT2D eigenvalue weighted by Crippen LogP contribution is 2.36. The average molecular weight is 371 g/mol. The summed E-state index contributed by atoms with van der Waals surface area (Å²) in [7, 11) is 0. The van der Waals surface area contributed by atoms with Gasteiger partial charge in [0.2, 0.25) is 5.88 Å². The van der Waals surface area contributed by atoms with E-state index >= 15 is 0 Å². The minimum atomic E-state index is 0.397. The molecule has 1 saturated heterocycles. The number of fused-ring (bicyclic) bond motifs is 1. The van der Waals surface area contributed by atoms with E-state index in [2.05, 4.69) is 11.6 Å². The highest BCUT2D eigenvalue weighted by atomic mass is 16.5. The second-order valence-corrected chi connectivity index (χ2v) is 8.34. The first-order chi connectivity index (χ1) is 13.3. The van der Waals surface area contributed by atoms with Crippen LogP contribution in [0.2, 0.25) is 0 Å². The molecule has 2 atom stereocenters. The van der Waals surface area contributed by atoms with Crippen molar-refractivity contribution in [3.05, 3.63) is 11.9 Å². The van der Waals surface area contributed by atoms with E-state index in [9.17, 15) is 0 Å². The quantitative estimate of drug-likeness (QED) is 0.825. The molecule has 0 spiro atoms. The number of rotatable bonds is 3. The van der Waals surface area contributed by atoms with Crippen molar-refractivity contribution in [3.8, 4) is 17.4 Å². The molecule has 1 aliphatic carbocycles. The highest BCUT2D eigenvalue weighted by molar-refractivity contribution is 5.52. The second-order valence-electron chi connectivity index (χ2n) is 8.34. The summed E-state index contributed by atoms with van der Waals surface area (Å²) in [5.41, 5.74) is 0.899. The van der Waals surface area contributed by atoms with Gasteiger partial charge in [-0.1, -0.05) is 19.8 Å². The summed E-state index contributed by atoms with van der Waals surface area (Å²) in [6.45, 7) is 5.65. The fourth-order valence-corrected chi connectivity index (χ4v) is 4.70. The summed E-state index contributed by atoms with van der Waals surface area (Å²) in [6, 6.07) is 2.46. The van der Waals surface area contributed by atoms with Crippen LogP contribution in [0.1, 0.15) is 69.7 Å². The molecule has 0 aromatic carbocycles. The molecular formula is C20H29N5O2. The van der Waals surface area contributed by atoms with Crippen molar-refractivity contribution in [2.75, 3.05) is 19.8 Å². The zero-order chi connectivity index (χ0) is 18.2. The molecular weight excluding hydrogens is 342 g/mol. The van der Waals surface area contributed by atoms with Gasteiger partial charge in [-0.2, -0.15) is 10.2 Å². The molecule has 2 aromatic heterocycles. The molecule has 2 aromatic rings. The Hall–Kier alpha value is -1.89. The van der Waals surface area contributed by atoms with Crippen LogP contribution >= 0.6 is 0 Å². The Balaban J connectivity index is 1.53. The Morgan fingerprint density at radius 1 is 1.04 bits per heavy atom. The highest BCUT2D eigenvalue weighted by Gasteiger charge is 2.29. The number of hydrogen-bond donors (Lipinski definition) is 0. The van der Waals surface area contributed by atoms with E-state index in [4.69, 9.17) is 24.7 Å². The van der Waals surface area contributed by atoms with Crippen molar-refractivity contribution in [3.63, 3.8) is 0 Å². The van der Waals surface area contributed by atoms with Gasteiger partial charge in [-0.05, 0) is 31.6 Å². The van der Waals surface area contributed by atoms with Gasteiger partial charge in [0.15, 0.2) is 11.6 Å². The van der Waals surface area contributed by atoms with Gasteiger partial charge in [-0.3, -0.25) is 0 Å². The number of nitrogens with zero attached hydrogens (tertiary/aromatic N) is 5. The average Bonchev–Trinajstić information content (AvgIpc) is 3.33. The van der Waals surface area contributed by atoms with Crippen molar-refractivity contribution in [1.29, 1.82) is 0 Å². The molecule has 3 aliphatic rings. The number of aryl methyl sites for hydroxylation is 1. The molecule has 5 rings (SSSR count). The summed E-state index contributed by atoms with van der Waals surface area (Å²) >= 11 is 0. The molecule has 2 aliphatic heterocycles. The monoisotopic (exact) mass is 371 g/mol. The van der Waals surface area contributed by atoms with Crippen LogP contribution in [0.3, 0.4) is 0 Å². The molecule has 27 heavy (non-hydrogen) atoms. The Labute approximate surface area is 160 Å². The predicted molar refractivity (Wildman–Crippen MR) is 101 cm³/mol. The first-order valence-corrected chi connectivity index (χ1v) is 10.5. The lowest BCUT2D eigenvalue weighted by atomic mass is 9.87. The fourth-order valence-electron chi connectivity index (χ4n) is 4.70. The van der Waals surface area contributed by atoms with Crippen LogP contribution in [0.25, 0.3) is 11.5 Å². The maximum absolute atomic E-state index is 5.78. The van der Waals surface area contributed by atoms with Crippen LogP contribution in [-0.4, -0.2) is 44.4 Å². The smallest absolute Gasteiger partial charge is 0.212 e. The minimum Gasteiger partial charge on any atom is -0.478 e. The molecule has 1 saturated carbocycles. The Morgan fingerprint density at radius 2 is 1.93 bits per heavy atom. The Morgan fingerprint density at radius 3 is 2.74 bits per heavy atom. The van der Waals surface area contributed by atoms with Crippen molar-refractivity contribution >= 4 is 0 Å². The molecule has 4 heterocycles. The zero-order valence-corrected chi connectivity index (χ0v) is 16.1. The summed E-state index contributed by atoms with van der Waals surface area (Å²) in [4.78, 5) is 5.01. The van der Waals surface area contributed by atoms with Crippen LogP contribution < -0.4 is 4.74 Å². The van der Waals surface area contributed by atoms with Crippen LogP contribution in [0.4, 0.5) is 0 Å². The standard InChI is InChI=1S/C20H29N5O2/c1-14-4-2-5-16(12-14)25-20(17-13-18-24(22-17)8-3-9-27-18)21-19(23-25)15-6-10-26-11-7-15/h13-16H,2-12H2,1H3. The van der Waals surface area contributed by atoms with Crippen LogP contribution in [-0.2, 0) is 11.3 Å². The largest absolute Gasteiger partial charge is 0.478 e. The van der Waals surface area contributed by atoms with Gasteiger partial charge in [-0.15, -0.1) is 0 Å². The van der Waals surface area contributed by atoms with Gasteiger partial charge < -0.3 is 9.47 Å². The van der Waals surface area contributed by atoms with Gasteiger partial charge in [0.1, 0.15) is 5.69 Å². The SMILES string of the molecule is CC1CCCC(n2nc(C3CCOCC3)nc2-c2cc3n(n2)CCCO3)C1. The van der Waals surface area contributed by atoms with E-state index in [-0.39, 0.29) is 0 Å². The van der Waals surface area contributed by atoms with Crippen LogP contribution in [0.5, 0.6) is 5.88 Å². The zero-order valence-electron chi connectivity index (χ0n) is 16.1. The summed E-state index contributed by atoms with van der Waals surface area (Å²) < 4.78 is 15.5. The molecule has 0 amide bonds. The lowest BCUT2D eigenvalue weighted by Crippen LogP contribution is -2.20. The van der Waals surface area contributed by atoms with E-state index in [0.29, 0.717) is 12.0 Å². The molecule has 2 fully saturated rings. The molecule has 0 bridgehead atoms. The van der Waals surface area contributed by atoms with E-state index in [1.54, 1.807) is 0 Å². The van der Waals surface area contributed by atoms with Crippen molar-refractivity contribution in [1.82, 2.24) is 24.5 Å². The molecule has 7 nitrogen and oxygen atoms in total. The molecule has 0 N–H and O–H groups in total. The maximum atomic E-state index is 5.78. The summed E-state index contributed by atoms with van der Waals surface area (Å²) in [5, 5.41) is 9.83. The number of aromatic nitrogens is 5. The summed E-state index contributed by atoms with van der Waals surface area (Å²) in [6.07, 6.45) is 7.96. The van der Waals surface area contributed by atoms with Gasteiger partial charge in [0.25, 0.3) is 0 Å². The molecule has 2 unspecified atom stereocenters. The van der Waals surface area contributed by atoms with Gasteiger partial charge in [0.05, 0.1) is 12.6 Å². The van der Waals surface area contributed by atoms with Crippen molar-refractivity contribution < 1.29 is 9.47 Å². The Bertz CT molecular complexity index is 769. The number of ether oxygens (including phenoxy) is 2. The lowest BCUT2D eigenvalue weighted by Gasteiger charge is -2.27. The Kier molecular flexibility index (Phi) is 4.63. The molecule has 0 radical (unpaired) electrons. The topological polar surface area (TPSA) is 67.0 Å². The van der Waals surface area contributed by atoms with Gasteiger partial charge in [-0.25, -0.2) is 14.3 Å². The third-order valence-electron chi connectivity index (χ3n) is 6.23. The fraction of sp³-hybridized carbons (Fsp3) is 0.750. The van der Waals surface area contributed by atoms with Gasteiger partial charge in [0, 0.05) is 38.2 Å². The van der Waals surface area contributed by atoms with E-state index in [1.807, 2.05) is 10.7 Å². The van der Waals surface area contributed by atoms with Crippen molar-refractivity contribution in [2.45, 2.75) is 70.4 Å². The van der Waals surface area contributed by atoms with Crippen LogP contribution in [0, 0.1) is 5.92 Å². The molecule has 146 valence electrons. The van der Waals surface area contributed by atoms with E-state index in [0.717, 1.165) is 74.8 Å². The first-order valence-electron chi connectivity index (χ1n) is 10.5. The maximum Gasteiger partial charge on any atom is 0.212 e. The lowest BCUT2D eigenvalue weighted by molar-refractivity contribution is 0.0834. The second kappa shape index (κ2) is 7.26. The predicted octanol–water partition coefficient (Wildman–Crippen LogP) is 3.57. The van der Waals surface area contributed by atoms with E-state index < -0.39 is 0 Å². The van der Waals surface area contributed by atoms with E-state index in [1.165, 1.54) is 25.7 Å². The third-order valence-corrected chi connectivity index (χ3v) is 6.23. The summed E-state index contributed by atoms with van der Waals surface area (Å²) in [5.74, 6) is 3.88. The molecule has 7 heteroatoms. The number of hydrogen-bond acceptors (Lipinski definition) is 5. The van der Waals surface area contributed by atoms with Gasteiger partial charge >= 0.3 is 0 Å². The van der Waals surface area contributed by atoms with Crippen LogP contribution in [0.15, 0.2) is 6.07 Å². The van der Waals surface area contributed by atoms with Crippen molar-refractivity contribution in [2.24, 2.45) is 5.92 Å². The third kappa shape index (κ3) is 3.37. The first kappa shape index (κ1) is 17.2. The minimum absolute atomic E-state index is 0.397.